The summed E-state index contributed by atoms with van der Waals surface area (Å²) in [6.45, 7) is 3.19. The Morgan fingerprint density at radius 2 is 2.33 bits per heavy atom. The Bertz CT molecular complexity index is 378. The molecule has 15 heavy (non-hydrogen) atoms. The van der Waals surface area contributed by atoms with Crippen LogP contribution < -0.4 is 5.32 Å². The van der Waals surface area contributed by atoms with E-state index in [-0.39, 0.29) is 0 Å². The standard InChI is InChI=1S/C12H14ClNO/c1-8-4-9(8)6-14-12-3-2-11(13)5-10(12)7-15/h2-3,5,7-9,14H,4,6H2,1H3. The zero-order chi connectivity index (χ0) is 10.8. The Hall–Kier alpha value is -1.02. The monoisotopic (exact) mass is 223 g/mol. The van der Waals surface area contributed by atoms with Crippen molar-refractivity contribution in [3.8, 4) is 0 Å². The summed E-state index contributed by atoms with van der Waals surface area (Å²) in [5, 5.41) is 3.89. The van der Waals surface area contributed by atoms with Gasteiger partial charge in [-0.2, -0.15) is 0 Å². The van der Waals surface area contributed by atoms with Gasteiger partial charge in [0.25, 0.3) is 0 Å². The van der Waals surface area contributed by atoms with E-state index >= 15 is 0 Å². The van der Waals surface area contributed by atoms with Gasteiger partial charge in [-0.15, -0.1) is 0 Å². The van der Waals surface area contributed by atoms with Crippen molar-refractivity contribution < 1.29 is 4.79 Å². The van der Waals surface area contributed by atoms with E-state index in [0.717, 1.165) is 30.4 Å². The van der Waals surface area contributed by atoms with Crippen LogP contribution in [0.1, 0.15) is 23.7 Å². The molecule has 1 aromatic rings. The molecular formula is C12H14ClNO. The molecule has 0 spiro atoms. The van der Waals surface area contributed by atoms with Gasteiger partial charge in [0.15, 0.2) is 6.29 Å². The maximum Gasteiger partial charge on any atom is 0.152 e. The van der Waals surface area contributed by atoms with Gasteiger partial charge in [0.05, 0.1) is 0 Å². The summed E-state index contributed by atoms with van der Waals surface area (Å²) in [5.41, 5.74) is 1.52. The first-order valence-electron chi connectivity index (χ1n) is 5.19. The average Bonchev–Trinajstić information content (AvgIpc) is 2.92. The van der Waals surface area contributed by atoms with Crippen LogP contribution in [0.2, 0.25) is 5.02 Å². The first-order valence-corrected chi connectivity index (χ1v) is 5.57. The zero-order valence-corrected chi connectivity index (χ0v) is 9.42. The molecule has 1 aliphatic rings. The summed E-state index contributed by atoms with van der Waals surface area (Å²) in [5.74, 6) is 1.59. The Balaban J connectivity index is 2.03. The van der Waals surface area contributed by atoms with Crippen LogP contribution in [0.5, 0.6) is 0 Å². The lowest BCUT2D eigenvalue weighted by molar-refractivity contribution is 0.112. The third kappa shape index (κ3) is 2.51. The third-order valence-corrected chi connectivity index (χ3v) is 3.21. The molecule has 1 fully saturated rings. The van der Waals surface area contributed by atoms with Crippen molar-refractivity contribution in [1.82, 2.24) is 0 Å². The topological polar surface area (TPSA) is 29.1 Å². The van der Waals surface area contributed by atoms with Crippen molar-refractivity contribution in [2.75, 3.05) is 11.9 Å². The highest BCUT2D eigenvalue weighted by Gasteiger charge is 2.31. The number of halogens is 1. The number of hydrogen-bond acceptors (Lipinski definition) is 2. The molecule has 3 heteroatoms. The fourth-order valence-corrected chi connectivity index (χ4v) is 1.90. The second-order valence-electron chi connectivity index (χ2n) is 4.20. The lowest BCUT2D eigenvalue weighted by atomic mass is 10.2. The van der Waals surface area contributed by atoms with Crippen molar-refractivity contribution >= 4 is 23.6 Å². The molecule has 2 atom stereocenters. The van der Waals surface area contributed by atoms with E-state index in [1.807, 2.05) is 6.07 Å². The highest BCUT2D eigenvalue weighted by molar-refractivity contribution is 6.31. The lowest BCUT2D eigenvalue weighted by Gasteiger charge is -2.08. The quantitative estimate of drug-likeness (QED) is 0.795. The summed E-state index contributed by atoms with van der Waals surface area (Å²) < 4.78 is 0. The summed E-state index contributed by atoms with van der Waals surface area (Å²) in [6, 6.07) is 5.35. The molecule has 0 bridgehead atoms. The van der Waals surface area contributed by atoms with Gasteiger partial charge in [0.2, 0.25) is 0 Å². The molecular weight excluding hydrogens is 210 g/mol. The minimum atomic E-state index is 0.599. The Kier molecular flexibility index (Phi) is 2.96. The van der Waals surface area contributed by atoms with E-state index in [1.54, 1.807) is 12.1 Å². The molecule has 2 nitrogen and oxygen atoms in total. The van der Waals surface area contributed by atoms with Crippen LogP contribution in [0.3, 0.4) is 0 Å². The molecule has 1 aliphatic carbocycles. The SMILES string of the molecule is CC1CC1CNc1ccc(Cl)cc1C=O. The maximum atomic E-state index is 10.8. The molecule has 0 aromatic heterocycles. The predicted molar refractivity (Wildman–Crippen MR) is 62.6 cm³/mol. The summed E-state index contributed by atoms with van der Waals surface area (Å²) in [6.07, 6.45) is 2.13. The van der Waals surface area contributed by atoms with E-state index in [4.69, 9.17) is 11.6 Å². The van der Waals surface area contributed by atoms with Gasteiger partial charge in [-0.05, 0) is 36.5 Å². The predicted octanol–water partition coefficient (Wildman–Crippen LogP) is 3.22. The highest BCUT2D eigenvalue weighted by atomic mass is 35.5. The number of hydrogen-bond donors (Lipinski definition) is 1. The van der Waals surface area contributed by atoms with Gasteiger partial charge in [-0.1, -0.05) is 18.5 Å². The van der Waals surface area contributed by atoms with E-state index in [1.165, 1.54) is 6.42 Å². The largest absolute Gasteiger partial charge is 0.384 e. The second-order valence-corrected chi connectivity index (χ2v) is 4.64. The molecule has 0 heterocycles. The maximum absolute atomic E-state index is 10.8. The third-order valence-electron chi connectivity index (χ3n) is 2.97. The van der Waals surface area contributed by atoms with Crippen LogP contribution in [-0.4, -0.2) is 12.8 Å². The molecule has 0 amide bonds. The minimum Gasteiger partial charge on any atom is -0.384 e. The van der Waals surface area contributed by atoms with Crippen molar-refractivity contribution in [3.05, 3.63) is 28.8 Å². The number of aldehydes is 1. The van der Waals surface area contributed by atoms with Crippen molar-refractivity contribution in [2.45, 2.75) is 13.3 Å². The molecule has 0 saturated heterocycles. The van der Waals surface area contributed by atoms with Crippen molar-refractivity contribution in [2.24, 2.45) is 11.8 Å². The van der Waals surface area contributed by atoms with Crippen molar-refractivity contribution in [3.63, 3.8) is 0 Å². The van der Waals surface area contributed by atoms with Gasteiger partial charge in [0, 0.05) is 22.8 Å². The number of carbonyl (C=O) groups is 1. The Morgan fingerprint density at radius 3 is 2.93 bits per heavy atom. The molecule has 1 aromatic carbocycles. The lowest BCUT2D eigenvalue weighted by Crippen LogP contribution is -2.06. The molecule has 2 rings (SSSR count). The van der Waals surface area contributed by atoms with Crippen LogP contribution in [0.4, 0.5) is 5.69 Å². The summed E-state index contributed by atoms with van der Waals surface area (Å²) in [4.78, 5) is 10.8. The number of anilines is 1. The van der Waals surface area contributed by atoms with Crippen molar-refractivity contribution in [1.29, 1.82) is 0 Å². The minimum absolute atomic E-state index is 0.599. The van der Waals surface area contributed by atoms with Gasteiger partial charge >= 0.3 is 0 Å². The van der Waals surface area contributed by atoms with E-state index < -0.39 is 0 Å². The number of nitrogens with one attached hydrogen (secondary N) is 1. The highest BCUT2D eigenvalue weighted by Crippen LogP contribution is 2.37. The fraction of sp³-hybridized carbons (Fsp3) is 0.417. The smallest absolute Gasteiger partial charge is 0.152 e. The zero-order valence-electron chi connectivity index (χ0n) is 8.66. The number of carbonyl (C=O) groups excluding carboxylic acids is 1. The Labute approximate surface area is 94.6 Å². The molecule has 0 aliphatic heterocycles. The Morgan fingerprint density at radius 1 is 1.60 bits per heavy atom. The fourth-order valence-electron chi connectivity index (χ4n) is 1.72. The van der Waals surface area contributed by atoms with Crippen LogP contribution in [0.15, 0.2) is 18.2 Å². The number of benzene rings is 1. The molecule has 2 unspecified atom stereocenters. The summed E-state index contributed by atoms with van der Waals surface area (Å²) in [7, 11) is 0. The van der Waals surface area contributed by atoms with Crippen LogP contribution in [0, 0.1) is 11.8 Å². The normalized spacial score (nSPS) is 23.6. The number of rotatable bonds is 4. The second kappa shape index (κ2) is 4.23. The van der Waals surface area contributed by atoms with Gasteiger partial charge in [0.1, 0.15) is 0 Å². The molecule has 80 valence electrons. The molecule has 1 saturated carbocycles. The van der Waals surface area contributed by atoms with Crippen LogP contribution in [-0.2, 0) is 0 Å². The van der Waals surface area contributed by atoms with Gasteiger partial charge in [-0.25, -0.2) is 0 Å². The van der Waals surface area contributed by atoms with Crippen LogP contribution >= 0.6 is 11.6 Å². The van der Waals surface area contributed by atoms with Crippen LogP contribution in [0.25, 0.3) is 0 Å². The summed E-state index contributed by atoms with van der Waals surface area (Å²) >= 11 is 5.81. The van der Waals surface area contributed by atoms with E-state index in [9.17, 15) is 4.79 Å². The molecule has 1 N–H and O–H groups in total. The van der Waals surface area contributed by atoms with E-state index in [2.05, 4.69) is 12.2 Å². The van der Waals surface area contributed by atoms with E-state index in [0.29, 0.717) is 10.6 Å². The first kappa shape index (κ1) is 10.5. The first-order chi connectivity index (χ1) is 7.20. The molecule has 0 radical (unpaired) electrons. The van der Waals surface area contributed by atoms with Gasteiger partial charge < -0.3 is 5.32 Å². The average molecular weight is 224 g/mol. The van der Waals surface area contributed by atoms with Gasteiger partial charge in [-0.3, -0.25) is 4.79 Å².